The van der Waals surface area contributed by atoms with Crippen molar-refractivity contribution >= 4 is 60.9 Å². The molecule has 2 aromatic heterocycles. The summed E-state index contributed by atoms with van der Waals surface area (Å²) in [6, 6.07) is 84.1. The van der Waals surface area contributed by atoms with E-state index in [0.717, 1.165) is 77.6 Å². The molecule has 0 aliphatic rings. The maximum atomic E-state index is 6.42. The highest BCUT2D eigenvalue weighted by Crippen LogP contribution is 2.45. The Labute approximate surface area is 365 Å². The summed E-state index contributed by atoms with van der Waals surface area (Å²) in [6.45, 7) is 0. The quantitative estimate of drug-likeness (QED) is 0.153. The molecule has 0 aliphatic carbocycles. The van der Waals surface area contributed by atoms with E-state index in [4.69, 9.17) is 8.83 Å². The van der Waals surface area contributed by atoms with E-state index >= 15 is 0 Å². The summed E-state index contributed by atoms with van der Waals surface area (Å²) in [5, 5.41) is 4.42. The molecule has 296 valence electrons. The molecular formula is C60H39NO2. The number of benzene rings is 10. The van der Waals surface area contributed by atoms with Crippen LogP contribution in [0.3, 0.4) is 0 Å². The largest absolute Gasteiger partial charge is 0.456 e. The van der Waals surface area contributed by atoms with E-state index in [-0.39, 0.29) is 0 Å². The van der Waals surface area contributed by atoms with E-state index in [9.17, 15) is 0 Å². The zero-order valence-electron chi connectivity index (χ0n) is 34.3. The van der Waals surface area contributed by atoms with Crippen LogP contribution < -0.4 is 4.90 Å². The van der Waals surface area contributed by atoms with Gasteiger partial charge in [-0.25, -0.2) is 0 Å². The third-order valence-electron chi connectivity index (χ3n) is 12.3. The molecule has 3 nitrogen and oxygen atoms in total. The van der Waals surface area contributed by atoms with Crippen molar-refractivity contribution in [3.8, 4) is 55.6 Å². The first-order valence-electron chi connectivity index (χ1n) is 21.4. The Morgan fingerprint density at radius 1 is 0.254 bits per heavy atom. The maximum Gasteiger partial charge on any atom is 0.137 e. The van der Waals surface area contributed by atoms with Crippen LogP contribution in [0.15, 0.2) is 245 Å². The molecule has 2 heterocycles. The van der Waals surface area contributed by atoms with Gasteiger partial charge in [-0.2, -0.15) is 0 Å². The SMILES string of the molecule is c1ccc(-c2ccccc2-c2ccccc2-c2ccccc2-c2ccc(N(c3ccc(-c4ccc5c(c4)oc4ccccc45)cc3)c3cccc4oc5ccccc5c34)cc2)cc1. The Morgan fingerprint density at radius 3 is 1.32 bits per heavy atom. The summed E-state index contributed by atoms with van der Waals surface area (Å²) in [7, 11) is 0. The Kier molecular flexibility index (Phi) is 8.83. The summed E-state index contributed by atoms with van der Waals surface area (Å²) in [5.41, 5.74) is 18.4. The molecule has 0 spiro atoms. The van der Waals surface area contributed by atoms with Gasteiger partial charge in [0.2, 0.25) is 0 Å². The number of hydrogen-bond donors (Lipinski definition) is 0. The third kappa shape index (κ3) is 6.38. The molecule has 12 rings (SSSR count). The van der Waals surface area contributed by atoms with E-state index in [1.54, 1.807) is 0 Å². The van der Waals surface area contributed by atoms with Crippen molar-refractivity contribution in [3.63, 3.8) is 0 Å². The van der Waals surface area contributed by atoms with Crippen molar-refractivity contribution in [2.75, 3.05) is 4.90 Å². The van der Waals surface area contributed by atoms with Crippen LogP contribution in [0.1, 0.15) is 0 Å². The topological polar surface area (TPSA) is 29.5 Å². The van der Waals surface area contributed by atoms with Crippen molar-refractivity contribution in [1.82, 2.24) is 0 Å². The number of anilines is 3. The molecule has 0 saturated heterocycles. The van der Waals surface area contributed by atoms with Crippen molar-refractivity contribution in [2.24, 2.45) is 0 Å². The van der Waals surface area contributed by atoms with Crippen LogP contribution >= 0.6 is 0 Å². The average Bonchev–Trinajstić information content (AvgIpc) is 3.93. The maximum absolute atomic E-state index is 6.42. The lowest BCUT2D eigenvalue weighted by atomic mass is 9.87. The molecule has 0 unspecified atom stereocenters. The van der Waals surface area contributed by atoms with Gasteiger partial charge in [-0.15, -0.1) is 0 Å². The van der Waals surface area contributed by atoms with Crippen LogP contribution in [-0.2, 0) is 0 Å². The minimum atomic E-state index is 0.854. The summed E-state index contributed by atoms with van der Waals surface area (Å²) in [4.78, 5) is 2.35. The van der Waals surface area contributed by atoms with Gasteiger partial charge in [0.15, 0.2) is 0 Å². The van der Waals surface area contributed by atoms with Crippen molar-refractivity contribution in [1.29, 1.82) is 0 Å². The lowest BCUT2D eigenvalue weighted by Gasteiger charge is -2.27. The van der Waals surface area contributed by atoms with Crippen LogP contribution in [0.2, 0.25) is 0 Å². The Balaban J connectivity index is 0.958. The molecule has 0 amide bonds. The molecule has 3 heteroatoms. The summed E-state index contributed by atoms with van der Waals surface area (Å²) in [6.07, 6.45) is 0. The van der Waals surface area contributed by atoms with Gasteiger partial charge in [0, 0.05) is 27.5 Å². The van der Waals surface area contributed by atoms with Gasteiger partial charge in [0.05, 0.1) is 11.1 Å². The fourth-order valence-electron chi connectivity index (χ4n) is 9.38. The average molecular weight is 806 g/mol. The molecule has 0 atom stereocenters. The lowest BCUT2D eigenvalue weighted by molar-refractivity contribution is 0.668. The molecule has 0 N–H and O–H groups in total. The number of nitrogens with zero attached hydrogens (tertiary/aromatic N) is 1. The van der Waals surface area contributed by atoms with E-state index < -0.39 is 0 Å². The molecule has 10 aromatic carbocycles. The fourth-order valence-corrected chi connectivity index (χ4v) is 9.38. The van der Waals surface area contributed by atoms with E-state index in [1.807, 2.05) is 24.3 Å². The number of furan rings is 2. The summed E-state index contributed by atoms with van der Waals surface area (Å²) < 4.78 is 12.7. The lowest BCUT2D eigenvalue weighted by Crippen LogP contribution is -2.10. The normalized spacial score (nSPS) is 11.5. The Bertz CT molecular complexity index is 3620. The number of rotatable bonds is 8. The Hall–Kier alpha value is -8.40. The summed E-state index contributed by atoms with van der Waals surface area (Å²) in [5.74, 6) is 0. The van der Waals surface area contributed by atoms with Gasteiger partial charge >= 0.3 is 0 Å². The molecule has 0 radical (unpaired) electrons. The smallest absolute Gasteiger partial charge is 0.137 e. The van der Waals surface area contributed by atoms with Crippen LogP contribution in [0.5, 0.6) is 0 Å². The Morgan fingerprint density at radius 2 is 0.683 bits per heavy atom. The van der Waals surface area contributed by atoms with E-state index in [2.05, 4.69) is 217 Å². The number of para-hydroxylation sites is 2. The van der Waals surface area contributed by atoms with E-state index in [0.29, 0.717) is 0 Å². The highest BCUT2D eigenvalue weighted by Gasteiger charge is 2.21. The second-order valence-electron chi connectivity index (χ2n) is 16.0. The number of fused-ring (bicyclic) bond motifs is 6. The minimum Gasteiger partial charge on any atom is -0.456 e. The van der Waals surface area contributed by atoms with E-state index in [1.165, 1.54) is 38.9 Å². The second kappa shape index (κ2) is 15.3. The summed E-state index contributed by atoms with van der Waals surface area (Å²) >= 11 is 0. The van der Waals surface area contributed by atoms with Gasteiger partial charge in [-0.05, 0) is 116 Å². The highest BCUT2D eigenvalue weighted by molar-refractivity contribution is 6.13. The van der Waals surface area contributed by atoms with Crippen LogP contribution in [-0.4, -0.2) is 0 Å². The van der Waals surface area contributed by atoms with Crippen molar-refractivity contribution in [3.05, 3.63) is 237 Å². The molecule has 0 aliphatic heterocycles. The van der Waals surface area contributed by atoms with Gasteiger partial charge in [0.1, 0.15) is 22.3 Å². The fraction of sp³-hybridized carbons (Fsp3) is 0. The predicted molar refractivity (Wildman–Crippen MR) is 263 cm³/mol. The highest BCUT2D eigenvalue weighted by atomic mass is 16.3. The van der Waals surface area contributed by atoms with Crippen LogP contribution in [0.4, 0.5) is 17.1 Å². The first-order chi connectivity index (χ1) is 31.2. The minimum absolute atomic E-state index is 0.854. The monoisotopic (exact) mass is 805 g/mol. The molecule has 12 aromatic rings. The zero-order chi connectivity index (χ0) is 41.7. The van der Waals surface area contributed by atoms with Crippen molar-refractivity contribution in [2.45, 2.75) is 0 Å². The second-order valence-corrected chi connectivity index (χ2v) is 16.0. The standard InChI is InChI=1S/C60H39NO2/c1-2-15-41(16-3-1)46-17-4-6-19-48(46)50-21-8-9-22-51(50)49-20-7-5-18-47(49)42-31-36-45(37-32-42)61(55-25-14-28-58-60(55)54-24-11-13-27-57(54)62-58)44-34-29-40(30-35-44)43-33-38-53-52-23-10-12-26-56(52)63-59(53)39-43/h1-39H. The predicted octanol–water partition coefficient (Wildman–Crippen LogP) is 17.3. The first-order valence-corrected chi connectivity index (χ1v) is 21.4. The molecule has 63 heavy (non-hydrogen) atoms. The molecule has 0 bridgehead atoms. The third-order valence-corrected chi connectivity index (χ3v) is 12.3. The van der Waals surface area contributed by atoms with Gasteiger partial charge in [-0.1, -0.05) is 176 Å². The number of hydrogen-bond acceptors (Lipinski definition) is 3. The van der Waals surface area contributed by atoms with Gasteiger partial charge < -0.3 is 13.7 Å². The van der Waals surface area contributed by atoms with Gasteiger partial charge in [0.25, 0.3) is 0 Å². The van der Waals surface area contributed by atoms with Crippen LogP contribution in [0.25, 0.3) is 99.5 Å². The first kappa shape index (κ1) is 36.5. The van der Waals surface area contributed by atoms with Crippen LogP contribution in [0, 0.1) is 0 Å². The zero-order valence-corrected chi connectivity index (χ0v) is 34.3. The molecule has 0 saturated carbocycles. The van der Waals surface area contributed by atoms with Crippen molar-refractivity contribution < 1.29 is 8.83 Å². The van der Waals surface area contributed by atoms with Gasteiger partial charge in [-0.3, -0.25) is 0 Å². The molecule has 0 fully saturated rings. The molecular weight excluding hydrogens is 767 g/mol.